The van der Waals surface area contributed by atoms with E-state index in [9.17, 15) is 13.6 Å². The van der Waals surface area contributed by atoms with E-state index >= 15 is 0 Å². The van der Waals surface area contributed by atoms with Crippen molar-refractivity contribution in [1.29, 1.82) is 0 Å². The molecule has 1 aromatic carbocycles. The van der Waals surface area contributed by atoms with Crippen molar-refractivity contribution in [2.75, 3.05) is 24.6 Å². The molecule has 9 heteroatoms. The molecular weight excluding hydrogens is 448 g/mol. The topological polar surface area (TPSA) is 64.5 Å². The van der Waals surface area contributed by atoms with Crippen LogP contribution >= 0.6 is 11.3 Å². The van der Waals surface area contributed by atoms with Gasteiger partial charge in [0.1, 0.15) is 11.9 Å². The molecule has 4 rings (SSSR count). The summed E-state index contributed by atoms with van der Waals surface area (Å²) >= 11 is 1.37. The Kier molecular flexibility index (Phi) is 7.49. The molecule has 0 saturated carbocycles. The molecule has 1 unspecified atom stereocenters. The number of carbonyl (C=O) groups excluding carboxylic acids is 1. The van der Waals surface area contributed by atoms with Crippen LogP contribution in [0.1, 0.15) is 40.9 Å². The van der Waals surface area contributed by atoms with Gasteiger partial charge in [-0.3, -0.25) is 9.78 Å². The molecule has 6 nitrogen and oxygen atoms in total. The van der Waals surface area contributed by atoms with Crippen LogP contribution in [0.4, 0.5) is 14.5 Å². The molecule has 1 fully saturated rings. The zero-order valence-corrected chi connectivity index (χ0v) is 19.0. The third kappa shape index (κ3) is 6.25. The van der Waals surface area contributed by atoms with Gasteiger partial charge in [-0.25, -0.2) is 13.8 Å². The van der Waals surface area contributed by atoms with Crippen LogP contribution in [0.15, 0.2) is 54.3 Å². The Morgan fingerprint density at radius 2 is 2.09 bits per heavy atom. The number of ether oxygens (including phenoxy) is 2. The number of hydrogen-bond donors (Lipinski definition) is 0. The highest BCUT2D eigenvalue weighted by atomic mass is 32.1. The number of ketones is 1. The Hall–Kier alpha value is -3.07. The van der Waals surface area contributed by atoms with Crippen LogP contribution in [0.2, 0.25) is 0 Å². The third-order valence-corrected chi connectivity index (χ3v) is 6.35. The van der Waals surface area contributed by atoms with Crippen molar-refractivity contribution in [2.45, 2.75) is 38.2 Å². The van der Waals surface area contributed by atoms with Crippen molar-refractivity contribution in [1.82, 2.24) is 9.97 Å². The van der Waals surface area contributed by atoms with Gasteiger partial charge in [0.15, 0.2) is 12.4 Å². The lowest BCUT2D eigenvalue weighted by Gasteiger charge is -2.20. The summed E-state index contributed by atoms with van der Waals surface area (Å²) in [7, 11) is 0. The van der Waals surface area contributed by atoms with Gasteiger partial charge in [0, 0.05) is 43.5 Å². The second-order valence-electron chi connectivity index (χ2n) is 7.99. The van der Waals surface area contributed by atoms with Gasteiger partial charge in [0.2, 0.25) is 5.88 Å². The van der Waals surface area contributed by atoms with E-state index in [2.05, 4.69) is 14.9 Å². The standard InChI is InChI=1S/C24H25F2N3O3S/c1-16(10-21(30)22-12-27-15-33-22)17-2-4-19(5-3-17)32-20-7-9-29(13-20)18-6-8-28-24(11-18)31-14-23(25)26/h2-6,8,11-12,15-16,20,23H,7,9-10,13-14H2,1H3/t16-,20?/m1/s1. The van der Waals surface area contributed by atoms with E-state index in [1.807, 2.05) is 37.3 Å². The maximum absolute atomic E-state index is 12.4. The lowest BCUT2D eigenvalue weighted by molar-refractivity contribution is 0.0796. The van der Waals surface area contributed by atoms with Crippen LogP contribution in [0.5, 0.6) is 11.6 Å². The summed E-state index contributed by atoms with van der Waals surface area (Å²) in [5.74, 6) is 1.18. The number of anilines is 1. The van der Waals surface area contributed by atoms with Crippen molar-refractivity contribution in [3.05, 3.63) is 64.7 Å². The van der Waals surface area contributed by atoms with Gasteiger partial charge in [0.05, 0.1) is 16.9 Å². The fourth-order valence-corrected chi connectivity index (χ4v) is 4.37. The Bertz CT molecular complexity index is 1050. The Labute approximate surface area is 195 Å². The molecule has 174 valence electrons. The Balaban J connectivity index is 1.29. The minimum absolute atomic E-state index is 0.0137. The van der Waals surface area contributed by atoms with Gasteiger partial charge in [-0.15, -0.1) is 11.3 Å². The molecule has 0 spiro atoms. The number of carbonyl (C=O) groups is 1. The molecule has 0 aliphatic carbocycles. The highest BCUT2D eigenvalue weighted by molar-refractivity contribution is 7.11. The molecule has 0 N–H and O–H groups in total. The quantitative estimate of drug-likeness (QED) is 0.377. The van der Waals surface area contributed by atoms with Gasteiger partial charge in [0.25, 0.3) is 6.43 Å². The second kappa shape index (κ2) is 10.7. The van der Waals surface area contributed by atoms with E-state index in [1.54, 1.807) is 24.0 Å². The zero-order valence-electron chi connectivity index (χ0n) is 18.2. The van der Waals surface area contributed by atoms with Crippen LogP contribution < -0.4 is 14.4 Å². The monoisotopic (exact) mass is 473 g/mol. The first-order valence-electron chi connectivity index (χ1n) is 10.8. The largest absolute Gasteiger partial charge is 0.489 e. The van der Waals surface area contributed by atoms with E-state index in [1.165, 1.54) is 11.3 Å². The molecule has 1 aliphatic rings. The number of pyridine rings is 1. The highest BCUT2D eigenvalue weighted by Crippen LogP contribution is 2.28. The van der Waals surface area contributed by atoms with Crippen LogP contribution in [0.3, 0.4) is 0 Å². The van der Waals surface area contributed by atoms with Gasteiger partial charge in [-0.05, 0) is 29.7 Å². The maximum atomic E-state index is 12.4. The number of aromatic nitrogens is 2. The predicted molar refractivity (Wildman–Crippen MR) is 123 cm³/mol. The lowest BCUT2D eigenvalue weighted by Crippen LogP contribution is -2.24. The number of thiazole rings is 1. The maximum Gasteiger partial charge on any atom is 0.272 e. The number of benzene rings is 1. The molecular formula is C24H25F2N3O3S. The van der Waals surface area contributed by atoms with Crippen molar-refractivity contribution in [3.63, 3.8) is 0 Å². The lowest BCUT2D eigenvalue weighted by atomic mass is 9.95. The number of Topliss-reactive ketones (excluding diaryl/α,β-unsaturated/α-hetero) is 1. The summed E-state index contributed by atoms with van der Waals surface area (Å²) in [6.45, 7) is 2.84. The average molecular weight is 474 g/mol. The van der Waals surface area contributed by atoms with Crippen molar-refractivity contribution in [2.24, 2.45) is 0 Å². The van der Waals surface area contributed by atoms with E-state index in [4.69, 9.17) is 9.47 Å². The highest BCUT2D eigenvalue weighted by Gasteiger charge is 2.25. The van der Waals surface area contributed by atoms with Crippen LogP contribution in [-0.4, -0.2) is 48.0 Å². The fourth-order valence-electron chi connectivity index (χ4n) is 3.80. The molecule has 1 aliphatic heterocycles. The number of halogens is 2. The zero-order chi connectivity index (χ0) is 23.2. The van der Waals surface area contributed by atoms with Gasteiger partial charge in [-0.1, -0.05) is 19.1 Å². The van der Waals surface area contributed by atoms with Crippen LogP contribution in [0, 0.1) is 0 Å². The molecule has 0 bridgehead atoms. The van der Waals surface area contributed by atoms with Gasteiger partial charge >= 0.3 is 0 Å². The first kappa shape index (κ1) is 23.1. The van der Waals surface area contributed by atoms with Crippen LogP contribution in [0.25, 0.3) is 0 Å². The van der Waals surface area contributed by atoms with E-state index in [0.29, 0.717) is 17.8 Å². The summed E-state index contributed by atoms with van der Waals surface area (Å²) in [4.78, 5) is 23.1. The minimum atomic E-state index is -2.53. The molecule has 0 radical (unpaired) electrons. The summed E-state index contributed by atoms with van der Waals surface area (Å²) in [6.07, 6.45) is 1.94. The second-order valence-corrected chi connectivity index (χ2v) is 8.88. The fraction of sp³-hybridized carbons (Fsp3) is 0.375. The molecule has 2 aromatic heterocycles. The number of rotatable bonds is 10. The smallest absolute Gasteiger partial charge is 0.272 e. The van der Waals surface area contributed by atoms with Crippen molar-refractivity contribution in [3.8, 4) is 11.6 Å². The Morgan fingerprint density at radius 3 is 2.82 bits per heavy atom. The summed E-state index contributed by atoms with van der Waals surface area (Å²) in [6, 6.07) is 11.4. The number of nitrogens with zero attached hydrogens (tertiary/aromatic N) is 3. The molecule has 3 aromatic rings. The van der Waals surface area contributed by atoms with Gasteiger partial charge < -0.3 is 14.4 Å². The van der Waals surface area contributed by atoms with Crippen LogP contribution in [-0.2, 0) is 0 Å². The molecule has 2 atom stereocenters. The van der Waals surface area contributed by atoms with E-state index in [0.717, 1.165) is 30.0 Å². The summed E-state index contributed by atoms with van der Waals surface area (Å²) in [5, 5.41) is 0. The van der Waals surface area contributed by atoms with Crippen molar-refractivity contribution >= 4 is 22.8 Å². The molecule has 1 saturated heterocycles. The average Bonchev–Trinajstić information content (AvgIpc) is 3.51. The molecule has 33 heavy (non-hydrogen) atoms. The van der Waals surface area contributed by atoms with E-state index in [-0.39, 0.29) is 23.7 Å². The number of hydrogen-bond acceptors (Lipinski definition) is 7. The molecule has 3 heterocycles. The number of alkyl halides is 2. The Morgan fingerprint density at radius 1 is 1.27 bits per heavy atom. The van der Waals surface area contributed by atoms with Crippen molar-refractivity contribution < 1.29 is 23.0 Å². The SMILES string of the molecule is C[C@H](CC(=O)c1cncs1)c1ccc(OC2CCN(c3ccnc(OCC(F)F)c3)C2)cc1. The first-order valence-corrected chi connectivity index (χ1v) is 11.7. The first-order chi connectivity index (χ1) is 16.0. The normalized spacial score (nSPS) is 16.7. The minimum Gasteiger partial charge on any atom is -0.489 e. The predicted octanol–water partition coefficient (Wildman–Crippen LogP) is 5.22. The summed E-state index contributed by atoms with van der Waals surface area (Å²) in [5.41, 5.74) is 3.62. The third-order valence-electron chi connectivity index (χ3n) is 5.54. The van der Waals surface area contributed by atoms with Gasteiger partial charge in [-0.2, -0.15) is 0 Å². The summed E-state index contributed by atoms with van der Waals surface area (Å²) < 4.78 is 35.9. The molecule has 0 amide bonds. The van der Waals surface area contributed by atoms with E-state index < -0.39 is 13.0 Å².